The first-order chi connectivity index (χ1) is 14.8. The molecule has 2 N–H and O–H groups in total. The normalized spacial score (nSPS) is 12.4. The van der Waals surface area contributed by atoms with Gasteiger partial charge in [0.2, 0.25) is 0 Å². The molecule has 1 heterocycles. The van der Waals surface area contributed by atoms with Gasteiger partial charge in [-0.1, -0.05) is 32.0 Å². The van der Waals surface area contributed by atoms with Crippen molar-refractivity contribution in [2.45, 2.75) is 13.8 Å². The van der Waals surface area contributed by atoms with Crippen LogP contribution in [0.3, 0.4) is 0 Å². The van der Waals surface area contributed by atoms with Gasteiger partial charge < -0.3 is 0 Å². The number of fused-ring (bicyclic) bond motifs is 2. The summed E-state index contributed by atoms with van der Waals surface area (Å²) in [4.78, 5) is 7.32. The van der Waals surface area contributed by atoms with Crippen LogP contribution in [0.15, 0.2) is 48.5 Å². The second-order valence-corrected chi connectivity index (χ2v) is 8.90. The van der Waals surface area contributed by atoms with Gasteiger partial charge in [0.15, 0.2) is 11.9 Å². The summed E-state index contributed by atoms with van der Waals surface area (Å²) in [6.07, 6.45) is 0. The molecule has 0 radical (unpaired) electrons. The Morgan fingerprint density at radius 2 is 1.47 bits per heavy atom. The van der Waals surface area contributed by atoms with Crippen molar-refractivity contribution in [2.75, 3.05) is 26.2 Å². The Bertz CT molecular complexity index is 963. The van der Waals surface area contributed by atoms with E-state index in [1.165, 1.54) is 25.9 Å². The van der Waals surface area contributed by atoms with Gasteiger partial charge in [0.05, 0.1) is 21.4 Å². The molecule has 10 nitrogen and oxygen atoms in total. The van der Waals surface area contributed by atoms with Gasteiger partial charge in [-0.15, -0.1) is 21.6 Å². The fourth-order valence-electron chi connectivity index (χ4n) is 2.73. The SMILES string of the molecule is CCN(CC)CC[NH+]=c1ccc2cc3ccccc3sc-2c1.[O-][Cl+3]([O-])([O-])O.[O-][Cl+3]([O-])([O-])[O-]. The number of hydrogen-bond donors (Lipinski definition) is 2. The number of hydrogen-bond acceptors (Lipinski definition) is 10. The van der Waals surface area contributed by atoms with Gasteiger partial charge >= 0.3 is 0 Å². The van der Waals surface area contributed by atoms with E-state index in [-0.39, 0.29) is 0 Å². The summed E-state index contributed by atoms with van der Waals surface area (Å²) >= 11 is 1.86. The molecule has 178 valence electrons. The molecule has 1 aliphatic heterocycles. The Morgan fingerprint density at radius 1 is 0.906 bits per heavy atom. The summed E-state index contributed by atoms with van der Waals surface area (Å²) in [5.41, 5.74) is 1.32. The van der Waals surface area contributed by atoms with E-state index < -0.39 is 20.5 Å². The van der Waals surface area contributed by atoms with E-state index in [9.17, 15) is 0 Å². The van der Waals surface area contributed by atoms with Crippen molar-refractivity contribution in [3.63, 3.8) is 0 Å². The number of benzene rings is 2. The second-order valence-electron chi connectivity index (χ2n) is 6.26. The van der Waals surface area contributed by atoms with E-state index >= 15 is 0 Å². The van der Waals surface area contributed by atoms with E-state index in [1.54, 1.807) is 0 Å². The van der Waals surface area contributed by atoms with Crippen molar-refractivity contribution < 1.29 is 62.8 Å². The molecule has 2 aliphatic rings. The summed E-state index contributed by atoms with van der Waals surface area (Å²) in [7, 11) is -9.64. The van der Waals surface area contributed by atoms with Crippen molar-refractivity contribution in [2.24, 2.45) is 0 Å². The maximum atomic E-state index is 8.60. The van der Waals surface area contributed by atoms with Crippen LogP contribution in [0.1, 0.15) is 13.8 Å². The topological polar surface area (TPSA) is 199 Å². The Hall–Kier alpha value is -1.45. The molecule has 0 spiro atoms. The van der Waals surface area contributed by atoms with Gasteiger partial charge in [-0.05, 0) is 42.2 Å². The molecule has 0 saturated heterocycles. The van der Waals surface area contributed by atoms with E-state index in [2.05, 4.69) is 72.3 Å². The highest BCUT2D eigenvalue weighted by atomic mass is 35.7. The minimum Gasteiger partial charge on any atom is -0.298 e. The molecule has 1 aromatic carbocycles. The third kappa shape index (κ3) is 13.2. The molecule has 0 fully saturated rings. The van der Waals surface area contributed by atoms with Gasteiger partial charge in [0.1, 0.15) is 0 Å². The van der Waals surface area contributed by atoms with Crippen LogP contribution in [0.4, 0.5) is 0 Å². The van der Waals surface area contributed by atoms with E-state index in [1.807, 2.05) is 11.3 Å². The summed E-state index contributed by atoms with van der Waals surface area (Å²) in [5, 5.41) is 2.54. The lowest BCUT2D eigenvalue weighted by molar-refractivity contribution is -2.00. The Balaban J connectivity index is 0.000000431. The lowest BCUT2D eigenvalue weighted by Gasteiger charge is -2.17. The van der Waals surface area contributed by atoms with E-state index in [4.69, 9.17) is 37.3 Å². The van der Waals surface area contributed by atoms with Crippen LogP contribution in [0, 0.1) is 20.5 Å². The summed E-state index contributed by atoms with van der Waals surface area (Å²) < 4.78 is 68.0. The molecular formula is C19H24Cl2N2O8S. The zero-order valence-corrected chi connectivity index (χ0v) is 19.7. The first-order valence-corrected chi connectivity index (χ1v) is 12.6. The van der Waals surface area contributed by atoms with Gasteiger partial charge in [0.25, 0.3) is 0 Å². The van der Waals surface area contributed by atoms with Crippen molar-refractivity contribution in [1.29, 1.82) is 0 Å². The largest absolute Gasteiger partial charge is 0.298 e. The zero-order chi connectivity index (χ0) is 24.4. The molecule has 0 atom stereocenters. The molecule has 0 unspecified atom stereocenters. The maximum absolute atomic E-state index is 8.60. The van der Waals surface area contributed by atoms with Crippen LogP contribution in [-0.4, -0.2) is 35.7 Å². The highest BCUT2D eigenvalue weighted by Crippen LogP contribution is 2.31. The van der Waals surface area contributed by atoms with E-state index in [0.717, 1.165) is 26.2 Å². The predicted octanol–water partition coefficient (Wildman–Crippen LogP) is -6.55. The summed E-state index contributed by atoms with van der Waals surface area (Å²) in [5.74, 6) is 0. The van der Waals surface area contributed by atoms with Gasteiger partial charge in [-0.3, -0.25) is 4.90 Å². The quantitative estimate of drug-likeness (QED) is 0.313. The Morgan fingerprint density at radius 3 is 2.03 bits per heavy atom. The molecule has 3 rings (SSSR count). The van der Waals surface area contributed by atoms with Gasteiger partial charge in [-0.2, -0.15) is 14.0 Å². The van der Waals surface area contributed by atoms with Crippen LogP contribution in [0.5, 0.6) is 0 Å². The molecule has 1 aliphatic carbocycles. The third-order valence-electron chi connectivity index (χ3n) is 4.12. The molecule has 13 heteroatoms. The van der Waals surface area contributed by atoms with Crippen LogP contribution in [0.25, 0.3) is 20.5 Å². The molecule has 0 bridgehead atoms. The first-order valence-electron chi connectivity index (χ1n) is 9.27. The first kappa shape index (κ1) is 28.6. The maximum Gasteiger partial charge on any atom is 0.199 e. The highest BCUT2D eigenvalue weighted by molar-refractivity contribution is 7.21. The van der Waals surface area contributed by atoms with Crippen molar-refractivity contribution in [3.8, 4) is 10.4 Å². The molecule has 1 aromatic rings. The summed E-state index contributed by atoms with van der Waals surface area (Å²) in [6.45, 7) is 8.74. The van der Waals surface area contributed by atoms with Gasteiger partial charge in [0, 0.05) is 21.7 Å². The van der Waals surface area contributed by atoms with Crippen molar-refractivity contribution >= 4 is 21.4 Å². The Labute approximate surface area is 193 Å². The minimum atomic E-state index is -4.94. The molecule has 0 aromatic heterocycles. The molecular weight excluding hydrogens is 487 g/mol. The van der Waals surface area contributed by atoms with E-state index in [0.29, 0.717) is 0 Å². The highest BCUT2D eigenvalue weighted by Gasteiger charge is 2.06. The number of likely N-dealkylation sites (N-methyl/N-ethyl adjacent to an activating group) is 1. The van der Waals surface area contributed by atoms with Crippen LogP contribution in [0.2, 0.25) is 0 Å². The molecule has 0 saturated carbocycles. The number of nitrogens with zero attached hydrogens (tertiary/aromatic N) is 1. The lowest BCUT2D eigenvalue weighted by atomic mass is 10.1. The van der Waals surface area contributed by atoms with Crippen molar-refractivity contribution in [3.05, 3.63) is 53.9 Å². The predicted molar refractivity (Wildman–Crippen MR) is 97.4 cm³/mol. The zero-order valence-electron chi connectivity index (χ0n) is 17.4. The minimum absolute atomic E-state index is 0.992. The standard InChI is InChI=1S/C19H22N2S.2ClHO4/c1-3-21(4-2)12-11-20-17-10-9-16-13-15-7-5-6-8-18(15)22-19(16)14-17;2*2-1(3,4)5/h5-10,13-14H,3-4,11-12H2,1-2H3;2*(H,2,3,4,5). The van der Waals surface area contributed by atoms with Crippen LogP contribution < -0.4 is 43.0 Å². The Kier molecular flexibility index (Phi) is 11.9. The number of rotatable bonds is 5. The number of nitrogens with one attached hydrogen (secondary N) is 1. The van der Waals surface area contributed by atoms with Crippen LogP contribution in [-0.2, 0) is 0 Å². The smallest absolute Gasteiger partial charge is 0.199 e. The second kappa shape index (κ2) is 13.3. The van der Waals surface area contributed by atoms with Crippen molar-refractivity contribution in [1.82, 2.24) is 4.90 Å². The average molecular weight is 511 g/mol. The van der Waals surface area contributed by atoms with Gasteiger partial charge in [-0.25, -0.2) is 23.6 Å². The average Bonchev–Trinajstić information content (AvgIpc) is 2.67. The summed E-state index contributed by atoms with van der Waals surface area (Å²) in [6, 6.07) is 17.5. The fourth-order valence-corrected chi connectivity index (χ4v) is 3.79. The third-order valence-corrected chi connectivity index (χ3v) is 5.28. The molecule has 0 amide bonds. The monoisotopic (exact) mass is 510 g/mol. The van der Waals surface area contributed by atoms with Crippen LogP contribution >= 0.6 is 11.3 Å². The lowest BCUT2D eigenvalue weighted by Crippen LogP contribution is -2.78. The number of halogens is 2. The molecule has 32 heavy (non-hydrogen) atoms. The fraction of sp³-hybridized carbons (Fsp3) is 0.316.